The number of halogens is 2. The third-order valence-corrected chi connectivity index (χ3v) is 3.30. The van der Waals surface area contributed by atoms with E-state index in [1.807, 2.05) is 37.3 Å². The number of hydrogen-bond acceptors (Lipinski definition) is 1. The van der Waals surface area contributed by atoms with Gasteiger partial charge < -0.3 is 4.74 Å². The first-order valence-corrected chi connectivity index (χ1v) is 6.61. The summed E-state index contributed by atoms with van der Waals surface area (Å²) in [5.74, 6) is 1.92. The van der Waals surface area contributed by atoms with Gasteiger partial charge in [0.1, 0.15) is 11.5 Å². The van der Waals surface area contributed by atoms with Gasteiger partial charge in [-0.2, -0.15) is 0 Å². The van der Waals surface area contributed by atoms with Crippen molar-refractivity contribution in [3.8, 4) is 11.5 Å². The fourth-order valence-corrected chi connectivity index (χ4v) is 2.15. The highest BCUT2D eigenvalue weighted by atomic mass is 35.5. The maximum Gasteiger partial charge on any atom is 0.146 e. The van der Waals surface area contributed by atoms with E-state index in [0.717, 1.165) is 16.9 Å². The highest BCUT2D eigenvalue weighted by molar-refractivity contribution is 6.32. The SMILES string of the molecule is Cc1ccc(Oc2ccc(CCl)cc2Cl)c(C)c1. The average molecular weight is 281 g/mol. The van der Waals surface area contributed by atoms with Crippen molar-refractivity contribution in [1.82, 2.24) is 0 Å². The van der Waals surface area contributed by atoms with Crippen LogP contribution in [0.3, 0.4) is 0 Å². The lowest BCUT2D eigenvalue weighted by Gasteiger charge is -2.11. The maximum atomic E-state index is 6.16. The number of hydrogen-bond donors (Lipinski definition) is 0. The van der Waals surface area contributed by atoms with Gasteiger partial charge in [0.25, 0.3) is 0 Å². The molecule has 0 radical (unpaired) electrons. The summed E-state index contributed by atoms with van der Waals surface area (Å²) in [5, 5.41) is 0.577. The van der Waals surface area contributed by atoms with E-state index in [2.05, 4.69) is 13.0 Å². The van der Waals surface area contributed by atoms with Gasteiger partial charge in [0, 0.05) is 5.88 Å². The predicted octanol–water partition coefficient (Wildman–Crippen LogP) is 5.49. The Morgan fingerprint density at radius 2 is 1.72 bits per heavy atom. The Morgan fingerprint density at radius 3 is 2.33 bits per heavy atom. The largest absolute Gasteiger partial charge is 0.456 e. The summed E-state index contributed by atoms with van der Waals surface area (Å²) in [7, 11) is 0. The molecule has 1 nitrogen and oxygen atoms in total. The number of alkyl halides is 1. The molecule has 3 heteroatoms. The van der Waals surface area contributed by atoms with Crippen LogP contribution in [0.25, 0.3) is 0 Å². The molecule has 0 aliphatic heterocycles. The van der Waals surface area contributed by atoms with Crippen molar-refractivity contribution in [3.63, 3.8) is 0 Å². The average Bonchev–Trinajstić information content (AvgIpc) is 2.34. The summed E-state index contributed by atoms with van der Waals surface area (Å²) in [6.07, 6.45) is 0. The van der Waals surface area contributed by atoms with E-state index < -0.39 is 0 Å². The van der Waals surface area contributed by atoms with Gasteiger partial charge in [0.05, 0.1) is 5.02 Å². The van der Waals surface area contributed by atoms with Gasteiger partial charge >= 0.3 is 0 Å². The lowest BCUT2D eigenvalue weighted by Crippen LogP contribution is -1.90. The molecule has 94 valence electrons. The highest BCUT2D eigenvalue weighted by Crippen LogP contribution is 2.32. The molecular formula is C15H14Cl2O. The molecule has 2 aromatic carbocycles. The van der Waals surface area contributed by atoms with Crippen LogP contribution in [0.4, 0.5) is 0 Å². The van der Waals surface area contributed by atoms with E-state index >= 15 is 0 Å². The van der Waals surface area contributed by atoms with Crippen LogP contribution in [-0.4, -0.2) is 0 Å². The minimum Gasteiger partial charge on any atom is -0.456 e. The summed E-state index contributed by atoms with van der Waals surface area (Å²) in [6, 6.07) is 11.6. The Morgan fingerprint density at radius 1 is 1.00 bits per heavy atom. The van der Waals surface area contributed by atoms with Crippen LogP contribution in [0.2, 0.25) is 5.02 Å². The normalized spacial score (nSPS) is 10.4. The molecule has 0 aliphatic rings. The molecule has 0 heterocycles. The predicted molar refractivity (Wildman–Crippen MR) is 77.0 cm³/mol. The topological polar surface area (TPSA) is 9.23 Å². The van der Waals surface area contributed by atoms with Crippen LogP contribution < -0.4 is 4.74 Å². The molecule has 2 rings (SSSR count). The molecule has 0 aliphatic carbocycles. The van der Waals surface area contributed by atoms with E-state index in [-0.39, 0.29) is 0 Å². The Bertz CT molecular complexity index is 564. The number of aryl methyl sites for hydroxylation is 2. The second-order valence-electron chi connectivity index (χ2n) is 4.27. The van der Waals surface area contributed by atoms with Crippen LogP contribution in [0, 0.1) is 13.8 Å². The zero-order valence-corrected chi connectivity index (χ0v) is 11.8. The van der Waals surface area contributed by atoms with Crippen molar-refractivity contribution >= 4 is 23.2 Å². The number of rotatable bonds is 3. The molecule has 0 aromatic heterocycles. The minimum absolute atomic E-state index is 0.448. The molecule has 18 heavy (non-hydrogen) atoms. The molecule has 0 saturated carbocycles. The summed E-state index contributed by atoms with van der Waals surface area (Å²) in [5.41, 5.74) is 3.28. The Hall–Kier alpha value is -1.18. The van der Waals surface area contributed by atoms with Gasteiger partial charge in [0.15, 0.2) is 0 Å². The molecule has 0 N–H and O–H groups in total. The van der Waals surface area contributed by atoms with Crippen molar-refractivity contribution in [1.29, 1.82) is 0 Å². The van der Waals surface area contributed by atoms with Crippen LogP contribution in [0.5, 0.6) is 11.5 Å². The Balaban J connectivity index is 2.28. The highest BCUT2D eigenvalue weighted by Gasteiger charge is 2.06. The number of benzene rings is 2. The van der Waals surface area contributed by atoms with Crippen LogP contribution in [-0.2, 0) is 5.88 Å². The molecule has 2 aromatic rings. The Labute approximate surface area is 117 Å². The lowest BCUT2D eigenvalue weighted by molar-refractivity contribution is 0.479. The Kier molecular flexibility index (Phi) is 4.15. The van der Waals surface area contributed by atoms with Crippen molar-refractivity contribution < 1.29 is 4.74 Å². The summed E-state index contributed by atoms with van der Waals surface area (Å²) < 4.78 is 5.82. The van der Waals surface area contributed by atoms with Gasteiger partial charge in [-0.15, -0.1) is 11.6 Å². The van der Waals surface area contributed by atoms with Crippen LogP contribution in [0.1, 0.15) is 16.7 Å². The van der Waals surface area contributed by atoms with Gasteiger partial charge in [-0.25, -0.2) is 0 Å². The standard InChI is InChI=1S/C15H14Cl2O/c1-10-3-5-14(11(2)7-10)18-15-6-4-12(9-16)8-13(15)17/h3-8H,9H2,1-2H3. The van der Waals surface area contributed by atoms with Crippen molar-refractivity contribution in [2.24, 2.45) is 0 Å². The van der Waals surface area contributed by atoms with Crippen molar-refractivity contribution in [2.45, 2.75) is 19.7 Å². The van der Waals surface area contributed by atoms with Crippen molar-refractivity contribution in [2.75, 3.05) is 0 Å². The first kappa shape index (κ1) is 13.3. The molecule has 0 atom stereocenters. The molecule has 0 saturated heterocycles. The second kappa shape index (κ2) is 5.64. The van der Waals surface area contributed by atoms with Crippen molar-refractivity contribution in [3.05, 3.63) is 58.1 Å². The third kappa shape index (κ3) is 2.98. The van der Waals surface area contributed by atoms with E-state index in [1.165, 1.54) is 5.56 Å². The quantitative estimate of drug-likeness (QED) is 0.676. The van der Waals surface area contributed by atoms with E-state index in [9.17, 15) is 0 Å². The number of ether oxygens (including phenoxy) is 1. The first-order chi connectivity index (χ1) is 8.60. The maximum absolute atomic E-state index is 6.16. The summed E-state index contributed by atoms with van der Waals surface area (Å²) >= 11 is 11.9. The summed E-state index contributed by atoms with van der Waals surface area (Å²) in [6.45, 7) is 4.07. The second-order valence-corrected chi connectivity index (χ2v) is 4.94. The minimum atomic E-state index is 0.448. The molecule has 0 fully saturated rings. The molecular weight excluding hydrogens is 267 g/mol. The monoisotopic (exact) mass is 280 g/mol. The fraction of sp³-hybridized carbons (Fsp3) is 0.200. The van der Waals surface area contributed by atoms with Gasteiger partial charge in [-0.05, 0) is 43.2 Å². The van der Waals surface area contributed by atoms with E-state index in [1.54, 1.807) is 0 Å². The van der Waals surface area contributed by atoms with Gasteiger partial charge in [-0.1, -0.05) is 35.4 Å². The lowest BCUT2D eigenvalue weighted by atomic mass is 10.1. The molecule has 0 spiro atoms. The van der Waals surface area contributed by atoms with Gasteiger partial charge in [-0.3, -0.25) is 0 Å². The first-order valence-electron chi connectivity index (χ1n) is 5.69. The third-order valence-electron chi connectivity index (χ3n) is 2.70. The molecule has 0 bridgehead atoms. The van der Waals surface area contributed by atoms with E-state index in [4.69, 9.17) is 27.9 Å². The molecule has 0 amide bonds. The smallest absolute Gasteiger partial charge is 0.146 e. The van der Waals surface area contributed by atoms with Gasteiger partial charge in [0.2, 0.25) is 0 Å². The summed E-state index contributed by atoms with van der Waals surface area (Å²) in [4.78, 5) is 0. The van der Waals surface area contributed by atoms with E-state index in [0.29, 0.717) is 16.7 Å². The molecule has 0 unspecified atom stereocenters. The van der Waals surface area contributed by atoms with Crippen LogP contribution in [0.15, 0.2) is 36.4 Å². The van der Waals surface area contributed by atoms with Crippen LogP contribution >= 0.6 is 23.2 Å². The zero-order valence-electron chi connectivity index (χ0n) is 10.3. The zero-order chi connectivity index (χ0) is 13.1. The fourth-order valence-electron chi connectivity index (χ4n) is 1.74.